The fraction of sp³-hybridized carbons (Fsp3) is 0.154. The number of nitrogens with one attached hydrogen (secondary N) is 1. The molecule has 0 atom stereocenters. The summed E-state index contributed by atoms with van der Waals surface area (Å²) in [4.78, 5) is 12.9. The Balaban J connectivity index is 2.27. The van der Waals surface area contributed by atoms with E-state index in [9.17, 15) is 4.79 Å². The van der Waals surface area contributed by atoms with Gasteiger partial charge < -0.3 is 10.1 Å². The molecule has 1 aromatic carbocycles. The number of benzene rings is 1. The first-order valence-electron chi connectivity index (χ1n) is 5.52. The van der Waals surface area contributed by atoms with Gasteiger partial charge in [-0.3, -0.25) is 4.79 Å². The molecule has 0 aliphatic heterocycles. The lowest BCUT2D eigenvalue weighted by Crippen LogP contribution is -2.10. The number of ether oxygens (including phenoxy) is 1. The molecular formula is C13H10Br3NO2S. The van der Waals surface area contributed by atoms with Crippen LogP contribution in [0.5, 0.6) is 5.75 Å². The monoisotopic (exact) mass is 481 g/mol. The normalized spacial score (nSPS) is 10.4. The van der Waals surface area contributed by atoms with Gasteiger partial charge in [-0.1, -0.05) is 0 Å². The molecule has 1 aromatic heterocycles. The lowest BCUT2D eigenvalue weighted by atomic mass is 10.3. The first kappa shape index (κ1) is 16.0. The average Bonchev–Trinajstić information content (AvgIpc) is 2.73. The maximum atomic E-state index is 12.2. The van der Waals surface area contributed by atoms with E-state index in [1.54, 1.807) is 13.2 Å². The molecule has 3 nitrogen and oxygen atoms in total. The summed E-state index contributed by atoms with van der Waals surface area (Å²) in [5.74, 6) is 0.515. The van der Waals surface area contributed by atoms with Gasteiger partial charge in [0.25, 0.3) is 5.91 Å². The summed E-state index contributed by atoms with van der Waals surface area (Å²) in [6.07, 6.45) is 0. The van der Waals surface area contributed by atoms with Crippen molar-refractivity contribution in [3.8, 4) is 5.75 Å². The fourth-order valence-corrected chi connectivity index (χ4v) is 4.22. The lowest BCUT2D eigenvalue weighted by Gasteiger charge is -2.10. The zero-order valence-corrected chi connectivity index (χ0v) is 16.2. The van der Waals surface area contributed by atoms with Crippen LogP contribution in [0, 0.1) is 6.92 Å². The van der Waals surface area contributed by atoms with Gasteiger partial charge in [-0.05, 0) is 72.4 Å². The Kier molecular flexibility index (Phi) is 5.28. The van der Waals surface area contributed by atoms with Gasteiger partial charge in [0.05, 0.1) is 25.9 Å². The molecule has 2 aromatic rings. The van der Waals surface area contributed by atoms with Crippen LogP contribution in [0.2, 0.25) is 0 Å². The van der Waals surface area contributed by atoms with E-state index in [0.29, 0.717) is 16.3 Å². The van der Waals surface area contributed by atoms with Gasteiger partial charge in [0, 0.05) is 10.5 Å². The summed E-state index contributed by atoms with van der Waals surface area (Å²) in [7, 11) is 1.58. The van der Waals surface area contributed by atoms with Crippen molar-refractivity contribution in [2.45, 2.75) is 6.92 Å². The second-order valence-electron chi connectivity index (χ2n) is 3.99. The number of carbonyl (C=O) groups is 1. The van der Waals surface area contributed by atoms with Crippen LogP contribution in [0.1, 0.15) is 15.2 Å². The maximum absolute atomic E-state index is 12.2. The average molecular weight is 484 g/mol. The summed E-state index contributed by atoms with van der Waals surface area (Å²) in [5, 5.41) is 2.87. The van der Waals surface area contributed by atoms with Crippen molar-refractivity contribution in [2.75, 3.05) is 12.4 Å². The zero-order chi connectivity index (χ0) is 14.9. The SMILES string of the molecule is COc1cc(NC(=O)c2cc(C)c(Br)s2)c(Br)cc1Br. The highest BCUT2D eigenvalue weighted by atomic mass is 79.9. The van der Waals surface area contributed by atoms with E-state index in [2.05, 4.69) is 53.1 Å². The quantitative estimate of drug-likeness (QED) is 0.616. The fourth-order valence-electron chi connectivity index (χ4n) is 1.54. The minimum atomic E-state index is -0.145. The van der Waals surface area contributed by atoms with Gasteiger partial charge in [-0.15, -0.1) is 11.3 Å². The summed E-state index contributed by atoms with van der Waals surface area (Å²) < 4.78 is 7.80. The number of aryl methyl sites for hydroxylation is 1. The van der Waals surface area contributed by atoms with Crippen molar-refractivity contribution < 1.29 is 9.53 Å². The van der Waals surface area contributed by atoms with Gasteiger partial charge in [-0.25, -0.2) is 0 Å². The number of carbonyl (C=O) groups excluding carboxylic acids is 1. The Morgan fingerprint density at radius 2 is 1.90 bits per heavy atom. The van der Waals surface area contributed by atoms with E-state index in [4.69, 9.17) is 4.74 Å². The summed E-state index contributed by atoms with van der Waals surface area (Å²) >= 11 is 11.6. The summed E-state index contributed by atoms with van der Waals surface area (Å²) in [6, 6.07) is 5.46. The Labute approximate surface area is 146 Å². The highest BCUT2D eigenvalue weighted by Crippen LogP contribution is 2.35. The topological polar surface area (TPSA) is 38.3 Å². The molecule has 0 bridgehead atoms. The first-order chi connectivity index (χ1) is 9.42. The van der Waals surface area contributed by atoms with Crippen LogP contribution in [0.15, 0.2) is 30.9 Å². The van der Waals surface area contributed by atoms with Crippen molar-refractivity contribution >= 4 is 70.7 Å². The predicted octanol–water partition coefficient (Wildman–Crippen LogP) is 5.60. The smallest absolute Gasteiger partial charge is 0.265 e. The number of hydrogen-bond acceptors (Lipinski definition) is 3. The van der Waals surface area contributed by atoms with E-state index >= 15 is 0 Å². The number of anilines is 1. The Morgan fingerprint density at radius 3 is 2.45 bits per heavy atom. The van der Waals surface area contributed by atoms with Crippen molar-refractivity contribution in [3.63, 3.8) is 0 Å². The van der Waals surface area contributed by atoms with E-state index in [0.717, 1.165) is 18.3 Å². The molecule has 0 saturated carbocycles. The van der Waals surface area contributed by atoms with Crippen LogP contribution in [0.3, 0.4) is 0 Å². The third kappa shape index (κ3) is 3.44. The molecule has 1 amide bonds. The molecule has 0 unspecified atom stereocenters. The molecule has 0 radical (unpaired) electrons. The number of halogens is 3. The highest BCUT2D eigenvalue weighted by molar-refractivity contribution is 9.11. The molecule has 2 rings (SSSR count). The second kappa shape index (κ2) is 6.60. The van der Waals surface area contributed by atoms with Crippen LogP contribution in [-0.4, -0.2) is 13.0 Å². The second-order valence-corrected chi connectivity index (χ2v) is 8.07. The third-order valence-electron chi connectivity index (χ3n) is 2.57. The molecule has 1 N–H and O–H groups in total. The van der Waals surface area contributed by atoms with Crippen LogP contribution < -0.4 is 10.1 Å². The van der Waals surface area contributed by atoms with Crippen molar-refractivity contribution in [1.29, 1.82) is 0 Å². The Morgan fingerprint density at radius 1 is 1.20 bits per heavy atom. The zero-order valence-electron chi connectivity index (χ0n) is 10.6. The van der Waals surface area contributed by atoms with Gasteiger partial charge in [0.1, 0.15) is 5.75 Å². The number of methoxy groups -OCH3 is 1. The Bertz CT molecular complexity index is 650. The number of hydrogen-bond donors (Lipinski definition) is 1. The largest absolute Gasteiger partial charge is 0.495 e. The van der Waals surface area contributed by atoms with Gasteiger partial charge in [0.15, 0.2) is 0 Å². The molecule has 0 spiro atoms. The van der Waals surface area contributed by atoms with E-state index in [1.807, 2.05) is 19.1 Å². The Hall–Kier alpha value is -0.370. The van der Waals surface area contributed by atoms with Gasteiger partial charge in [-0.2, -0.15) is 0 Å². The lowest BCUT2D eigenvalue weighted by molar-refractivity contribution is 0.103. The van der Waals surface area contributed by atoms with Crippen molar-refractivity contribution in [2.24, 2.45) is 0 Å². The predicted molar refractivity (Wildman–Crippen MR) is 93.1 cm³/mol. The summed E-state index contributed by atoms with van der Waals surface area (Å²) in [5.41, 5.74) is 1.71. The number of rotatable bonds is 3. The standard InChI is InChI=1S/C13H10Br3NO2S/c1-6-3-11(20-12(6)16)13(18)17-9-5-10(19-2)8(15)4-7(9)14/h3-5H,1-2H3,(H,17,18). The summed E-state index contributed by atoms with van der Waals surface area (Å²) in [6.45, 7) is 1.95. The van der Waals surface area contributed by atoms with Crippen LogP contribution in [-0.2, 0) is 0 Å². The molecule has 0 fully saturated rings. The molecule has 20 heavy (non-hydrogen) atoms. The van der Waals surface area contributed by atoms with Crippen molar-refractivity contribution in [1.82, 2.24) is 0 Å². The van der Waals surface area contributed by atoms with Gasteiger partial charge in [0.2, 0.25) is 0 Å². The number of thiophene rings is 1. The van der Waals surface area contributed by atoms with Crippen LogP contribution in [0.25, 0.3) is 0 Å². The van der Waals surface area contributed by atoms with Gasteiger partial charge >= 0.3 is 0 Å². The van der Waals surface area contributed by atoms with Crippen LogP contribution >= 0.6 is 59.1 Å². The van der Waals surface area contributed by atoms with E-state index < -0.39 is 0 Å². The third-order valence-corrected chi connectivity index (χ3v) is 5.98. The minimum Gasteiger partial charge on any atom is -0.495 e. The first-order valence-corrected chi connectivity index (χ1v) is 8.72. The molecule has 7 heteroatoms. The minimum absolute atomic E-state index is 0.145. The maximum Gasteiger partial charge on any atom is 0.265 e. The number of amides is 1. The van der Waals surface area contributed by atoms with Crippen molar-refractivity contribution in [3.05, 3.63) is 41.4 Å². The molecule has 106 valence electrons. The molecule has 0 aliphatic carbocycles. The molecule has 1 heterocycles. The van der Waals surface area contributed by atoms with Crippen LogP contribution in [0.4, 0.5) is 5.69 Å². The van der Waals surface area contributed by atoms with E-state index in [1.165, 1.54) is 11.3 Å². The molecule has 0 aliphatic rings. The van der Waals surface area contributed by atoms with E-state index in [-0.39, 0.29) is 5.91 Å². The molecular weight excluding hydrogens is 474 g/mol. The molecule has 0 saturated heterocycles. The highest BCUT2D eigenvalue weighted by Gasteiger charge is 2.14.